The van der Waals surface area contributed by atoms with Gasteiger partial charge in [0.05, 0.1) is 6.61 Å². The summed E-state index contributed by atoms with van der Waals surface area (Å²) in [4.78, 5) is 0. The number of hydrogen-bond acceptors (Lipinski definition) is 2. The second-order valence-corrected chi connectivity index (χ2v) is 6.74. The smallest absolute Gasteiger partial charge is 0.115 e. The van der Waals surface area contributed by atoms with Crippen molar-refractivity contribution in [3.05, 3.63) is 47.8 Å². The van der Waals surface area contributed by atoms with Crippen molar-refractivity contribution in [2.45, 2.75) is 67.2 Å². The largest absolute Gasteiger partial charge is 0.494 e. The van der Waals surface area contributed by atoms with E-state index in [4.69, 9.17) is 9.47 Å². The van der Waals surface area contributed by atoms with E-state index in [2.05, 4.69) is 71.1 Å². The average Bonchev–Trinajstić information content (AvgIpc) is 2.57. The third-order valence-corrected chi connectivity index (χ3v) is 3.99. The fourth-order valence-corrected chi connectivity index (χ4v) is 2.26. The van der Waals surface area contributed by atoms with Gasteiger partial charge >= 0.3 is 0 Å². The van der Waals surface area contributed by atoms with Crippen LogP contribution in [-0.2, 0) is 9.47 Å². The Morgan fingerprint density at radius 2 is 1.64 bits per heavy atom. The van der Waals surface area contributed by atoms with Crippen molar-refractivity contribution in [1.82, 2.24) is 0 Å². The van der Waals surface area contributed by atoms with E-state index in [0.717, 1.165) is 51.3 Å². The molecule has 0 aliphatic carbocycles. The summed E-state index contributed by atoms with van der Waals surface area (Å²) in [5.41, 5.74) is 1.30. The average molecular weight is 349 g/mol. The summed E-state index contributed by atoms with van der Waals surface area (Å²) in [6, 6.07) is 0. The van der Waals surface area contributed by atoms with Gasteiger partial charge in [0.25, 0.3) is 0 Å². The Hall–Kier alpha value is -1.28. The quantitative estimate of drug-likeness (QED) is 0.194. The van der Waals surface area contributed by atoms with E-state index in [0.29, 0.717) is 11.8 Å². The van der Waals surface area contributed by atoms with Crippen molar-refractivity contribution in [1.29, 1.82) is 0 Å². The molecule has 0 radical (unpaired) electrons. The molecular weight excluding hydrogens is 308 g/mol. The highest BCUT2D eigenvalue weighted by Crippen LogP contribution is 2.17. The third-order valence-electron chi connectivity index (χ3n) is 3.99. The number of ether oxygens (including phenoxy) is 2. The SMILES string of the molecule is CCC=C/C=C\C(=C\C(=CCC)OCCC(C)CCOCC)C(C)C. The lowest BCUT2D eigenvalue weighted by molar-refractivity contribution is 0.125. The molecule has 0 aromatic carbocycles. The lowest BCUT2D eigenvalue weighted by atomic mass is 10.0. The molecule has 0 N–H and O–H groups in total. The third kappa shape index (κ3) is 13.7. The van der Waals surface area contributed by atoms with Gasteiger partial charge in [-0.3, -0.25) is 0 Å². The van der Waals surface area contributed by atoms with Crippen LogP contribution in [0.1, 0.15) is 67.2 Å². The van der Waals surface area contributed by atoms with Gasteiger partial charge in [0.15, 0.2) is 0 Å². The summed E-state index contributed by atoms with van der Waals surface area (Å²) in [6.07, 6.45) is 17.2. The summed E-state index contributed by atoms with van der Waals surface area (Å²) in [5.74, 6) is 2.09. The molecule has 0 bridgehead atoms. The summed E-state index contributed by atoms with van der Waals surface area (Å²) >= 11 is 0. The molecule has 0 aliphatic rings. The first-order valence-electron chi connectivity index (χ1n) is 10.00. The van der Waals surface area contributed by atoms with Crippen LogP contribution in [0.2, 0.25) is 0 Å². The molecule has 2 nitrogen and oxygen atoms in total. The molecule has 0 saturated heterocycles. The van der Waals surface area contributed by atoms with Crippen molar-refractivity contribution < 1.29 is 9.47 Å². The predicted octanol–water partition coefficient (Wildman–Crippen LogP) is 6.85. The first kappa shape index (κ1) is 23.7. The summed E-state index contributed by atoms with van der Waals surface area (Å²) < 4.78 is 11.5. The van der Waals surface area contributed by atoms with Crippen molar-refractivity contribution in [3.8, 4) is 0 Å². The second-order valence-electron chi connectivity index (χ2n) is 6.74. The van der Waals surface area contributed by atoms with Crippen LogP contribution < -0.4 is 0 Å². The molecule has 0 amide bonds. The second kappa shape index (κ2) is 16.2. The molecule has 0 spiro atoms. The van der Waals surface area contributed by atoms with E-state index in [1.165, 1.54) is 5.57 Å². The first-order chi connectivity index (χ1) is 12.0. The molecule has 0 saturated carbocycles. The van der Waals surface area contributed by atoms with E-state index in [1.807, 2.05) is 6.92 Å². The normalized spacial score (nSPS) is 14.8. The topological polar surface area (TPSA) is 18.5 Å². The minimum atomic E-state index is 0.472. The van der Waals surface area contributed by atoms with E-state index >= 15 is 0 Å². The maximum atomic E-state index is 6.06. The van der Waals surface area contributed by atoms with Crippen molar-refractivity contribution in [2.24, 2.45) is 11.8 Å². The van der Waals surface area contributed by atoms with Gasteiger partial charge in [-0.05, 0) is 62.2 Å². The van der Waals surface area contributed by atoms with E-state index < -0.39 is 0 Å². The summed E-state index contributed by atoms with van der Waals surface area (Å²) in [5, 5.41) is 0. The number of rotatable bonds is 14. The van der Waals surface area contributed by atoms with Crippen LogP contribution >= 0.6 is 0 Å². The zero-order chi connectivity index (χ0) is 18.9. The molecular formula is C23H40O2. The standard InChI is InChI=1S/C23H40O2/c1-7-10-11-12-14-22(20(4)5)19-23(13-8-2)25-18-16-21(6)15-17-24-9-3/h10-14,19-21H,7-9,15-18H2,1-6H3/b11-10?,14-12-,22-19-,23-13?. The first-order valence-corrected chi connectivity index (χ1v) is 10.00. The molecule has 0 aliphatic heterocycles. The Morgan fingerprint density at radius 1 is 0.920 bits per heavy atom. The van der Waals surface area contributed by atoms with E-state index in [-0.39, 0.29) is 0 Å². The fraction of sp³-hybridized carbons (Fsp3) is 0.652. The highest BCUT2D eigenvalue weighted by atomic mass is 16.5. The monoisotopic (exact) mass is 348 g/mol. The molecule has 2 heteroatoms. The van der Waals surface area contributed by atoms with Crippen molar-refractivity contribution >= 4 is 0 Å². The van der Waals surface area contributed by atoms with Crippen molar-refractivity contribution in [3.63, 3.8) is 0 Å². The molecule has 25 heavy (non-hydrogen) atoms. The van der Waals surface area contributed by atoms with E-state index in [1.54, 1.807) is 0 Å². The Morgan fingerprint density at radius 3 is 2.24 bits per heavy atom. The van der Waals surface area contributed by atoms with Crippen LogP contribution in [0, 0.1) is 11.8 Å². The maximum absolute atomic E-state index is 6.06. The molecule has 0 heterocycles. The van der Waals surface area contributed by atoms with Crippen LogP contribution in [0.4, 0.5) is 0 Å². The molecule has 0 fully saturated rings. The van der Waals surface area contributed by atoms with Gasteiger partial charge in [-0.1, -0.05) is 58.9 Å². The summed E-state index contributed by atoms with van der Waals surface area (Å²) in [7, 11) is 0. The number of allylic oxidation sites excluding steroid dienone is 7. The Bertz CT molecular complexity index is 427. The molecule has 0 aromatic heterocycles. The number of hydrogen-bond donors (Lipinski definition) is 0. The van der Waals surface area contributed by atoms with Crippen LogP contribution in [-0.4, -0.2) is 19.8 Å². The highest BCUT2D eigenvalue weighted by Gasteiger charge is 2.05. The molecule has 144 valence electrons. The Labute approximate surface area is 156 Å². The van der Waals surface area contributed by atoms with Gasteiger partial charge in [0.2, 0.25) is 0 Å². The van der Waals surface area contributed by atoms with Crippen molar-refractivity contribution in [2.75, 3.05) is 19.8 Å². The highest BCUT2D eigenvalue weighted by molar-refractivity contribution is 5.30. The van der Waals surface area contributed by atoms with Gasteiger partial charge in [-0.2, -0.15) is 0 Å². The lowest BCUT2D eigenvalue weighted by Gasteiger charge is -2.14. The zero-order valence-corrected chi connectivity index (χ0v) is 17.4. The van der Waals surface area contributed by atoms with Gasteiger partial charge in [-0.25, -0.2) is 0 Å². The summed E-state index contributed by atoms with van der Waals surface area (Å²) in [6.45, 7) is 15.5. The lowest BCUT2D eigenvalue weighted by Crippen LogP contribution is -2.06. The van der Waals surface area contributed by atoms with Crippen LogP contribution in [0.25, 0.3) is 0 Å². The molecule has 1 unspecified atom stereocenters. The maximum Gasteiger partial charge on any atom is 0.115 e. The van der Waals surface area contributed by atoms with Gasteiger partial charge < -0.3 is 9.47 Å². The minimum Gasteiger partial charge on any atom is -0.494 e. The zero-order valence-electron chi connectivity index (χ0n) is 17.4. The van der Waals surface area contributed by atoms with Gasteiger partial charge in [0, 0.05) is 13.2 Å². The van der Waals surface area contributed by atoms with Gasteiger partial charge in [-0.15, -0.1) is 0 Å². The van der Waals surface area contributed by atoms with Crippen LogP contribution in [0.5, 0.6) is 0 Å². The minimum absolute atomic E-state index is 0.472. The predicted molar refractivity (Wildman–Crippen MR) is 111 cm³/mol. The van der Waals surface area contributed by atoms with E-state index in [9.17, 15) is 0 Å². The van der Waals surface area contributed by atoms with Gasteiger partial charge in [0.1, 0.15) is 5.76 Å². The molecule has 1 atom stereocenters. The molecule has 0 rings (SSSR count). The Kier molecular flexibility index (Phi) is 15.4. The fourth-order valence-electron chi connectivity index (χ4n) is 2.26. The van der Waals surface area contributed by atoms with Crippen LogP contribution in [0.3, 0.4) is 0 Å². The van der Waals surface area contributed by atoms with Crippen LogP contribution in [0.15, 0.2) is 47.8 Å². The Balaban J connectivity index is 4.66. The molecule has 0 aromatic rings.